The summed E-state index contributed by atoms with van der Waals surface area (Å²) >= 11 is 1.32. The van der Waals surface area contributed by atoms with Gasteiger partial charge >= 0.3 is 0 Å². The third-order valence-electron chi connectivity index (χ3n) is 2.03. The average Bonchev–Trinajstić information content (AvgIpc) is 2.80. The number of thiophene rings is 1. The Morgan fingerprint density at radius 3 is 2.94 bits per heavy atom. The van der Waals surface area contributed by atoms with E-state index in [1.807, 2.05) is 24.3 Å². The quantitative estimate of drug-likeness (QED) is 0.886. The number of aromatic nitrogens is 1. The van der Waals surface area contributed by atoms with E-state index >= 15 is 0 Å². The Kier molecular flexibility index (Phi) is 3.44. The number of aliphatic hydroxyl groups excluding tert-OH is 1. The Hall–Kier alpha value is -1.52. The van der Waals surface area contributed by atoms with Crippen molar-refractivity contribution < 1.29 is 9.50 Å². The predicted octanol–water partition coefficient (Wildman–Crippen LogP) is 3.11. The summed E-state index contributed by atoms with van der Waals surface area (Å²) in [6.45, 7) is -0.289. The molecule has 0 unspecified atom stereocenters. The minimum atomic E-state index is -0.394. The van der Waals surface area contributed by atoms with Crippen LogP contribution in [0.3, 0.4) is 0 Å². The van der Waals surface area contributed by atoms with Crippen molar-refractivity contribution in [2.24, 2.45) is 0 Å². The van der Waals surface area contributed by atoms with Crippen LogP contribution < -0.4 is 0 Å². The molecule has 0 bridgehead atoms. The molecule has 4 heteroatoms. The van der Waals surface area contributed by atoms with Crippen LogP contribution in [0.15, 0.2) is 42.6 Å². The van der Waals surface area contributed by atoms with Gasteiger partial charge in [-0.1, -0.05) is 6.07 Å². The van der Waals surface area contributed by atoms with Gasteiger partial charge in [0.2, 0.25) is 0 Å². The maximum atomic E-state index is 13.4. The van der Waals surface area contributed by atoms with E-state index in [4.69, 9.17) is 5.11 Å². The maximum Gasteiger partial charge on any atom is 0.138 e. The van der Waals surface area contributed by atoms with Crippen molar-refractivity contribution in [2.45, 2.75) is 0 Å². The highest BCUT2D eigenvalue weighted by molar-refractivity contribution is 7.16. The van der Waals surface area contributed by atoms with Crippen molar-refractivity contribution in [3.63, 3.8) is 0 Å². The number of pyridine rings is 1. The molecule has 82 valence electrons. The lowest BCUT2D eigenvalue weighted by molar-refractivity contribution is 0.342. The lowest BCUT2D eigenvalue weighted by Crippen LogP contribution is -1.76. The molecule has 1 N–H and O–H groups in total. The molecule has 0 aliphatic carbocycles. The van der Waals surface area contributed by atoms with Gasteiger partial charge in [-0.25, -0.2) is 4.39 Å². The highest BCUT2D eigenvalue weighted by Crippen LogP contribution is 2.31. The van der Waals surface area contributed by atoms with Gasteiger partial charge in [0.15, 0.2) is 0 Å². The fourth-order valence-corrected chi connectivity index (χ4v) is 2.21. The molecule has 0 aliphatic rings. The zero-order chi connectivity index (χ0) is 11.4. The second-order valence-electron chi connectivity index (χ2n) is 3.11. The first-order valence-corrected chi connectivity index (χ1v) is 5.61. The first-order chi connectivity index (χ1) is 7.81. The SMILES string of the molecule is OCC=C(F)c1ccc(-c2ccccn2)s1. The molecule has 2 nitrogen and oxygen atoms in total. The van der Waals surface area contributed by atoms with E-state index < -0.39 is 5.83 Å². The zero-order valence-corrected chi connectivity index (χ0v) is 9.25. The van der Waals surface area contributed by atoms with Gasteiger partial charge in [0.1, 0.15) is 5.83 Å². The predicted molar refractivity (Wildman–Crippen MR) is 63.7 cm³/mol. The highest BCUT2D eigenvalue weighted by Gasteiger charge is 2.06. The Morgan fingerprint density at radius 1 is 1.38 bits per heavy atom. The Balaban J connectivity index is 2.30. The van der Waals surface area contributed by atoms with Crippen molar-refractivity contribution >= 4 is 17.2 Å². The maximum absolute atomic E-state index is 13.4. The van der Waals surface area contributed by atoms with Crippen molar-refractivity contribution in [2.75, 3.05) is 6.61 Å². The van der Waals surface area contributed by atoms with Crippen LogP contribution in [0.2, 0.25) is 0 Å². The van der Waals surface area contributed by atoms with Crippen LogP contribution in [0.1, 0.15) is 4.88 Å². The van der Waals surface area contributed by atoms with Crippen molar-refractivity contribution in [3.8, 4) is 10.6 Å². The standard InChI is InChI=1S/C12H10FNOS/c13-9(6-8-15)11-4-5-12(16-11)10-3-1-2-7-14-10/h1-7,15H,8H2. The van der Waals surface area contributed by atoms with Crippen molar-refractivity contribution in [1.29, 1.82) is 0 Å². The van der Waals surface area contributed by atoms with Gasteiger partial charge in [0, 0.05) is 6.20 Å². The first kappa shape index (κ1) is 11.0. The van der Waals surface area contributed by atoms with Gasteiger partial charge in [-0.15, -0.1) is 11.3 Å². The second-order valence-corrected chi connectivity index (χ2v) is 4.20. The first-order valence-electron chi connectivity index (χ1n) is 4.79. The van der Waals surface area contributed by atoms with E-state index in [2.05, 4.69) is 4.98 Å². The van der Waals surface area contributed by atoms with Crippen molar-refractivity contribution in [3.05, 3.63) is 47.5 Å². The van der Waals surface area contributed by atoms with Gasteiger partial charge < -0.3 is 5.11 Å². The van der Waals surface area contributed by atoms with Crippen molar-refractivity contribution in [1.82, 2.24) is 4.98 Å². The minimum absolute atomic E-state index is 0.289. The van der Waals surface area contributed by atoms with Crippen LogP contribution >= 0.6 is 11.3 Å². The number of hydrogen-bond donors (Lipinski definition) is 1. The molecule has 2 heterocycles. The summed E-state index contributed by atoms with van der Waals surface area (Å²) < 4.78 is 13.4. The van der Waals surface area contributed by atoms with Crippen LogP contribution in [0.25, 0.3) is 16.4 Å². The summed E-state index contributed by atoms with van der Waals surface area (Å²) in [6, 6.07) is 9.12. The third kappa shape index (κ3) is 2.35. The second kappa shape index (κ2) is 5.01. The molecule has 0 saturated carbocycles. The number of hydrogen-bond acceptors (Lipinski definition) is 3. The van der Waals surface area contributed by atoms with E-state index in [1.165, 1.54) is 11.3 Å². The van der Waals surface area contributed by atoms with Crippen LogP contribution in [0.5, 0.6) is 0 Å². The molecular weight excluding hydrogens is 225 g/mol. The Labute approximate surface area is 96.7 Å². The highest BCUT2D eigenvalue weighted by atomic mass is 32.1. The molecule has 2 rings (SSSR count). The molecule has 0 aliphatic heterocycles. The van der Waals surface area contributed by atoms with Crippen LogP contribution in [0, 0.1) is 0 Å². The molecular formula is C12H10FNOS. The molecule has 0 atom stereocenters. The largest absolute Gasteiger partial charge is 0.392 e. The lowest BCUT2D eigenvalue weighted by atomic mass is 10.3. The summed E-state index contributed by atoms with van der Waals surface area (Å²) in [5.41, 5.74) is 0.829. The van der Waals surface area contributed by atoms with E-state index in [9.17, 15) is 4.39 Å². The van der Waals surface area contributed by atoms with Gasteiger partial charge in [-0.3, -0.25) is 4.98 Å². The molecule has 2 aromatic rings. The fraction of sp³-hybridized carbons (Fsp3) is 0.0833. The van der Waals surface area contributed by atoms with Gasteiger partial charge in [-0.05, 0) is 30.3 Å². The normalized spacial score (nSPS) is 11.8. The molecule has 2 aromatic heterocycles. The summed E-state index contributed by atoms with van der Waals surface area (Å²) in [6.07, 6.45) is 2.85. The molecule has 0 amide bonds. The molecule has 0 saturated heterocycles. The zero-order valence-electron chi connectivity index (χ0n) is 8.43. The molecule has 0 fully saturated rings. The number of nitrogens with zero attached hydrogens (tertiary/aromatic N) is 1. The fourth-order valence-electron chi connectivity index (χ4n) is 1.29. The van der Waals surface area contributed by atoms with Crippen LogP contribution in [-0.4, -0.2) is 16.7 Å². The number of aliphatic hydroxyl groups is 1. The number of rotatable bonds is 3. The van der Waals surface area contributed by atoms with Crippen LogP contribution in [0.4, 0.5) is 4.39 Å². The Morgan fingerprint density at radius 2 is 2.25 bits per heavy atom. The van der Waals surface area contributed by atoms with Crippen LogP contribution in [-0.2, 0) is 0 Å². The summed E-state index contributed by atoms with van der Waals surface area (Å²) in [4.78, 5) is 5.61. The van der Waals surface area contributed by atoms with E-state index in [0.29, 0.717) is 4.88 Å². The summed E-state index contributed by atoms with van der Waals surface area (Å²) in [5, 5.41) is 8.60. The molecule has 0 radical (unpaired) electrons. The lowest BCUT2D eigenvalue weighted by Gasteiger charge is -1.94. The van der Waals surface area contributed by atoms with E-state index in [-0.39, 0.29) is 6.61 Å². The molecule has 0 spiro atoms. The average molecular weight is 235 g/mol. The Bertz CT molecular complexity index is 493. The smallest absolute Gasteiger partial charge is 0.138 e. The minimum Gasteiger partial charge on any atom is -0.392 e. The van der Waals surface area contributed by atoms with Gasteiger partial charge in [0.05, 0.1) is 22.1 Å². The van der Waals surface area contributed by atoms with E-state index in [0.717, 1.165) is 16.6 Å². The number of halogens is 1. The molecule has 0 aromatic carbocycles. The third-order valence-corrected chi connectivity index (χ3v) is 3.15. The summed E-state index contributed by atoms with van der Waals surface area (Å²) in [7, 11) is 0. The monoisotopic (exact) mass is 235 g/mol. The van der Waals surface area contributed by atoms with Gasteiger partial charge in [0.25, 0.3) is 0 Å². The van der Waals surface area contributed by atoms with Gasteiger partial charge in [-0.2, -0.15) is 0 Å². The topological polar surface area (TPSA) is 33.1 Å². The van der Waals surface area contributed by atoms with E-state index in [1.54, 1.807) is 12.3 Å². The molecule has 16 heavy (non-hydrogen) atoms. The summed E-state index contributed by atoms with van der Waals surface area (Å²) in [5.74, 6) is -0.394.